The predicted octanol–water partition coefficient (Wildman–Crippen LogP) is 3.99. The maximum atomic E-state index is 13.9. The molecule has 0 bridgehead atoms. The molecule has 25 heavy (non-hydrogen) atoms. The minimum atomic E-state index is -0.216. The van der Waals surface area contributed by atoms with Crippen molar-refractivity contribution in [1.82, 2.24) is 15.0 Å². The largest absolute Gasteiger partial charge is 0.338 e. The summed E-state index contributed by atoms with van der Waals surface area (Å²) in [6.07, 6.45) is 2.40. The van der Waals surface area contributed by atoms with Crippen LogP contribution in [0, 0.1) is 5.82 Å². The molecule has 0 atom stereocenters. The highest BCUT2D eigenvalue weighted by Crippen LogP contribution is 2.13. The summed E-state index contributed by atoms with van der Waals surface area (Å²) < 4.78 is 19.2. The van der Waals surface area contributed by atoms with Gasteiger partial charge in [0, 0.05) is 25.1 Å². The van der Waals surface area contributed by atoms with Crippen molar-refractivity contribution in [2.45, 2.75) is 19.5 Å². The average molecular weight is 337 g/mol. The third kappa shape index (κ3) is 4.84. The van der Waals surface area contributed by atoms with Crippen LogP contribution in [-0.4, -0.2) is 21.6 Å². The Morgan fingerprint density at radius 1 is 1.04 bits per heavy atom. The molecule has 0 saturated heterocycles. The van der Waals surface area contributed by atoms with E-state index in [2.05, 4.69) is 16.7 Å². The molecule has 5 heteroatoms. The monoisotopic (exact) mass is 337 g/mol. The lowest BCUT2D eigenvalue weighted by Crippen LogP contribution is -2.23. The van der Waals surface area contributed by atoms with Gasteiger partial charge in [-0.15, -0.1) is 6.58 Å². The third-order valence-electron chi connectivity index (χ3n) is 3.81. The molecule has 128 valence electrons. The molecule has 0 spiro atoms. The van der Waals surface area contributed by atoms with Crippen molar-refractivity contribution in [1.29, 1.82) is 0 Å². The molecule has 0 fully saturated rings. The highest BCUT2D eigenvalue weighted by molar-refractivity contribution is 5.19. The zero-order chi connectivity index (χ0) is 17.5. The standard InChI is InChI=1S/C20H20FN3O/c1-2-12-24(14-17-10-6-7-11-18(17)21)15-20-22-19(23-25-20)13-16-8-4-3-5-9-16/h2-11H,1,12-15H2. The maximum absolute atomic E-state index is 13.9. The summed E-state index contributed by atoms with van der Waals surface area (Å²) >= 11 is 0. The van der Waals surface area contributed by atoms with E-state index < -0.39 is 0 Å². The quantitative estimate of drug-likeness (QED) is 0.583. The second-order valence-electron chi connectivity index (χ2n) is 5.82. The molecule has 4 nitrogen and oxygen atoms in total. The number of halogens is 1. The van der Waals surface area contributed by atoms with Crippen molar-refractivity contribution in [2.24, 2.45) is 0 Å². The Morgan fingerprint density at radius 3 is 2.56 bits per heavy atom. The Bertz CT molecular complexity index is 817. The number of benzene rings is 2. The predicted molar refractivity (Wildman–Crippen MR) is 94.3 cm³/mol. The number of aromatic nitrogens is 2. The summed E-state index contributed by atoms with van der Waals surface area (Å²) in [6.45, 7) is 5.27. The van der Waals surface area contributed by atoms with E-state index >= 15 is 0 Å². The van der Waals surface area contributed by atoms with E-state index in [9.17, 15) is 4.39 Å². The summed E-state index contributed by atoms with van der Waals surface area (Å²) in [5, 5.41) is 4.04. The van der Waals surface area contributed by atoms with Crippen LogP contribution < -0.4 is 0 Å². The van der Waals surface area contributed by atoms with E-state index in [1.54, 1.807) is 18.2 Å². The van der Waals surface area contributed by atoms with Crippen molar-refractivity contribution in [3.63, 3.8) is 0 Å². The van der Waals surface area contributed by atoms with Gasteiger partial charge in [-0.05, 0) is 11.6 Å². The third-order valence-corrected chi connectivity index (χ3v) is 3.81. The summed E-state index contributed by atoms with van der Waals surface area (Å²) in [4.78, 5) is 6.45. The van der Waals surface area contributed by atoms with Crippen LogP contribution >= 0.6 is 0 Å². The zero-order valence-electron chi connectivity index (χ0n) is 13.9. The molecular weight excluding hydrogens is 317 g/mol. The Labute approximate surface area is 146 Å². The van der Waals surface area contributed by atoms with E-state index in [0.29, 0.717) is 43.3 Å². The number of rotatable bonds is 8. The Hall–Kier alpha value is -2.79. The van der Waals surface area contributed by atoms with Crippen LogP contribution in [0.5, 0.6) is 0 Å². The molecule has 0 radical (unpaired) electrons. The van der Waals surface area contributed by atoms with Crippen molar-refractivity contribution >= 4 is 0 Å². The van der Waals surface area contributed by atoms with Crippen molar-refractivity contribution < 1.29 is 8.91 Å². The minimum absolute atomic E-state index is 0.216. The van der Waals surface area contributed by atoms with E-state index in [1.807, 2.05) is 41.3 Å². The zero-order valence-corrected chi connectivity index (χ0v) is 13.9. The van der Waals surface area contributed by atoms with Crippen LogP contribution in [0.1, 0.15) is 22.8 Å². The van der Waals surface area contributed by atoms with Gasteiger partial charge >= 0.3 is 0 Å². The number of hydrogen-bond acceptors (Lipinski definition) is 4. The van der Waals surface area contributed by atoms with Gasteiger partial charge in [-0.2, -0.15) is 4.98 Å². The Morgan fingerprint density at radius 2 is 1.80 bits per heavy atom. The fourth-order valence-corrected chi connectivity index (χ4v) is 2.63. The summed E-state index contributed by atoms with van der Waals surface area (Å²) in [7, 11) is 0. The highest BCUT2D eigenvalue weighted by Gasteiger charge is 2.13. The average Bonchev–Trinajstić information content (AvgIpc) is 3.05. The van der Waals surface area contributed by atoms with E-state index in [0.717, 1.165) is 5.56 Å². The molecule has 3 aromatic rings. The molecule has 2 aromatic carbocycles. The second-order valence-corrected chi connectivity index (χ2v) is 5.82. The van der Waals surface area contributed by atoms with Crippen LogP contribution in [-0.2, 0) is 19.5 Å². The molecule has 3 rings (SSSR count). The van der Waals surface area contributed by atoms with Gasteiger partial charge in [0.2, 0.25) is 5.89 Å². The molecule has 1 aromatic heterocycles. The van der Waals surface area contributed by atoms with Gasteiger partial charge in [0.05, 0.1) is 6.54 Å². The fraction of sp³-hybridized carbons (Fsp3) is 0.200. The molecule has 0 saturated carbocycles. The van der Waals surface area contributed by atoms with Crippen LogP contribution in [0.15, 0.2) is 71.8 Å². The lowest BCUT2D eigenvalue weighted by molar-refractivity contribution is 0.236. The van der Waals surface area contributed by atoms with Crippen LogP contribution in [0.2, 0.25) is 0 Å². The first-order valence-electron chi connectivity index (χ1n) is 8.16. The molecule has 0 aliphatic carbocycles. The fourth-order valence-electron chi connectivity index (χ4n) is 2.63. The first kappa shape index (κ1) is 17.0. The van der Waals surface area contributed by atoms with Gasteiger partial charge in [0.25, 0.3) is 0 Å². The summed E-state index contributed by atoms with van der Waals surface area (Å²) in [5.41, 5.74) is 1.76. The van der Waals surface area contributed by atoms with E-state index in [1.165, 1.54) is 6.07 Å². The second kappa shape index (κ2) is 8.35. The topological polar surface area (TPSA) is 42.2 Å². The number of hydrogen-bond donors (Lipinski definition) is 0. The molecular formula is C20H20FN3O. The van der Waals surface area contributed by atoms with Crippen molar-refractivity contribution in [2.75, 3.05) is 6.54 Å². The molecule has 0 amide bonds. The van der Waals surface area contributed by atoms with Gasteiger partial charge in [0.1, 0.15) is 5.82 Å². The molecule has 0 unspecified atom stereocenters. The first-order valence-corrected chi connectivity index (χ1v) is 8.16. The van der Waals surface area contributed by atoms with Crippen LogP contribution in [0.25, 0.3) is 0 Å². The summed E-state index contributed by atoms with van der Waals surface area (Å²) in [6, 6.07) is 16.7. The molecule has 0 aliphatic rings. The van der Waals surface area contributed by atoms with Gasteiger partial charge in [-0.3, -0.25) is 4.90 Å². The SMILES string of the molecule is C=CCN(Cc1nc(Cc2ccccc2)no1)Cc1ccccc1F. The highest BCUT2D eigenvalue weighted by atomic mass is 19.1. The molecule has 0 N–H and O–H groups in total. The van der Waals surface area contributed by atoms with Gasteiger partial charge in [-0.1, -0.05) is 59.8 Å². The number of nitrogens with zero attached hydrogens (tertiary/aromatic N) is 3. The van der Waals surface area contributed by atoms with Gasteiger partial charge in [-0.25, -0.2) is 4.39 Å². The lowest BCUT2D eigenvalue weighted by atomic mass is 10.1. The van der Waals surface area contributed by atoms with Crippen molar-refractivity contribution in [3.8, 4) is 0 Å². The van der Waals surface area contributed by atoms with E-state index in [4.69, 9.17) is 4.52 Å². The van der Waals surface area contributed by atoms with E-state index in [-0.39, 0.29) is 5.82 Å². The molecule has 1 heterocycles. The van der Waals surface area contributed by atoms with Crippen molar-refractivity contribution in [3.05, 3.63) is 95.9 Å². The smallest absolute Gasteiger partial charge is 0.240 e. The first-order chi connectivity index (χ1) is 12.2. The summed E-state index contributed by atoms with van der Waals surface area (Å²) in [5.74, 6) is 0.946. The maximum Gasteiger partial charge on any atom is 0.240 e. The lowest BCUT2D eigenvalue weighted by Gasteiger charge is -2.18. The Kier molecular flexibility index (Phi) is 5.69. The normalized spacial score (nSPS) is 11.0. The molecule has 0 aliphatic heterocycles. The van der Waals surface area contributed by atoms with Gasteiger partial charge < -0.3 is 4.52 Å². The van der Waals surface area contributed by atoms with Crippen LogP contribution in [0.4, 0.5) is 4.39 Å². The Balaban J connectivity index is 1.66. The van der Waals surface area contributed by atoms with Gasteiger partial charge in [0.15, 0.2) is 5.82 Å². The minimum Gasteiger partial charge on any atom is -0.338 e. The van der Waals surface area contributed by atoms with Crippen LogP contribution in [0.3, 0.4) is 0 Å².